The normalized spacial score (nSPS) is 20.6. The van der Waals surface area contributed by atoms with Gasteiger partial charge in [-0.2, -0.15) is 18.3 Å². The molecule has 1 fully saturated rings. The second-order valence-corrected chi connectivity index (χ2v) is 8.03. The highest BCUT2D eigenvalue weighted by molar-refractivity contribution is 5.79. The van der Waals surface area contributed by atoms with Crippen molar-refractivity contribution in [1.82, 2.24) is 30.0 Å². The Morgan fingerprint density at radius 3 is 2.71 bits per heavy atom. The number of anilines is 2. The van der Waals surface area contributed by atoms with Gasteiger partial charge in [0.05, 0.1) is 23.1 Å². The van der Waals surface area contributed by atoms with Crippen LogP contribution in [-0.2, 0) is 7.05 Å². The lowest BCUT2D eigenvalue weighted by molar-refractivity contribution is -0.123. The molecule has 11 heteroatoms. The molecule has 2 amide bonds. The Bertz CT molecular complexity index is 1030. The van der Waals surface area contributed by atoms with E-state index in [9.17, 15) is 18.0 Å². The number of alkyl halides is 3. The largest absolute Gasteiger partial charge is 0.405 e. The van der Waals surface area contributed by atoms with Gasteiger partial charge in [-0.3, -0.25) is 4.68 Å². The van der Waals surface area contributed by atoms with E-state index in [0.29, 0.717) is 12.4 Å². The lowest BCUT2D eigenvalue weighted by Gasteiger charge is -2.34. The summed E-state index contributed by atoms with van der Waals surface area (Å²) in [4.78, 5) is 22.9. The third kappa shape index (κ3) is 4.49. The van der Waals surface area contributed by atoms with Crippen LogP contribution >= 0.6 is 0 Å². The summed E-state index contributed by atoms with van der Waals surface area (Å²) in [5.41, 5.74) is 4.30. The standard InChI is InChI=1S/C20H24F3N7O/c1-11-8-24-18(26-16-9-29(3)28-12(16)2)27-17(11)13-6-14-4-5-15(7-13)30(14)19(31)25-10-20(21,22)23/h6,8-9,14-15H,4-5,7,10H2,1-3H3,(H,25,31)(H,24,26,27)/t14-,15+/m1/s1. The van der Waals surface area contributed by atoms with Gasteiger partial charge in [-0.25, -0.2) is 14.8 Å². The van der Waals surface area contributed by atoms with Crippen LogP contribution in [0.5, 0.6) is 0 Å². The van der Waals surface area contributed by atoms with E-state index in [1.54, 1.807) is 10.9 Å². The third-order valence-corrected chi connectivity index (χ3v) is 5.61. The van der Waals surface area contributed by atoms with E-state index in [1.807, 2.05) is 38.5 Å². The molecule has 0 radical (unpaired) electrons. The van der Waals surface area contributed by atoms with Crippen LogP contribution < -0.4 is 10.6 Å². The van der Waals surface area contributed by atoms with Crippen LogP contribution in [0.3, 0.4) is 0 Å². The second-order valence-electron chi connectivity index (χ2n) is 8.03. The van der Waals surface area contributed by atoms with E-state index in [1.165, 1.54) is 4.90 Å². The molecule has 2 aliphatic rings. The third-order valence-electron chi connectivity index (χ3n) is 5.61. The number of fused-ring (bicyclic) bond motifs is 2. The molecule has 8 nitrogen and oxygen atoms in total. The first-order chi connectivity index (χ1) is 14.6. The Hall–Kier alpha value is -3.11. The number of carbonyl (C=O) groups is 1. The highest BCUT2D eigenvalue weighted by Crippen LogP contribution is 2.39. The summed E-state index contributed by atoms with van der Waals surface area (Å²) in [5, 5.41) is 9.47. The predicted molar refractivity (Wildman–Crippen MR) is 109 cm³/mol. The van der Waals surface area contributed by atoms with E-state index >= 15 is 0 Å². The molecule has 0 aromatic carbocycles. The minimum Gasteiger partial charge on any atom is -0.329 e. The van der Waals surface area contributed by atoms with E-state index in [-0.39, 0.29) is 12.1 Å². The van der Waals surface area contributed by atoms with Crippen LogP contribution in [0, 0.1) is 13.8 Å². The number of nitrogens with one attached hydrogen (secondary N) is 2. The van der Waals surface area contributed by atoms with Crippen LogP contribution in [0.2, 0.25) is 0 Å². The number of hydrogen-bond acceptors (Lipinski definition) is 5. The van der Waals surface area contributed by atoms with Crippen molar-refractivity contribution in [1.29, 1.82) is 0 Å². The SMILES string of the molecule is Cc1cnc(Nc2cn(C)nc2C)nc1C1=C[C@H]2CC[C@@H](C1)N2C(=O)NCC(F)(F)F. The van der Waals surface area contributed by atoms with Crippen LogP contribution in [0.15, 0.2) is 18.5 Å². The average Bonchev–Trinajstić information content (AvgIpc) is 3.14. The molecule has 0 spiro atoms. The molecule has 2 atom stereocenters. The van der Waals surface area contributed by atoms with Crippen LogP contribution in [0.4, 0.5) is 29.6 Å². The molecule has 0 saturated carbocycles. The molecule has 4 heterocycles. The highest BCUT2D eigenvalue weighted by Gasteiger charge is 2.41. The molecule has 0 aliphatic carbocycles. The van der Waals surface area contributed by atoms with Gasteiger partial charge in [-0.15, -0.1) is 0 Å². The van der Waals surface area contributed by atoms with Crippen LogP contribution in [0.1, 0.15) is 36.2 Å². The predicted octanol–water partition coefficient (Wildman–Crippen LogP) is 3.46. The molecule has 2 aromatic rings. The summed E-state index contributed by atoms with van der Waals surface area (Å²) >= 11 is 0. The maximum absolute atomic E-state index is 12.5. The van der Waals surface area contributed by atoms with Gasteiger partial charge in [-0.05, 0) is 44.2 Å². The van der Waals surface area contributed by atoms with E-state index < -0.39 is 18.8 Å². The number of urea groups is 1. The minimum atomic E-state index is -4.43. The smallest absolute Gasteiger partial charge is 0.329 e. The Morgan fingerprint density at radius 2 is 2.06 bits per heavy atom. The second kappa shape index (κ2) is 7.86. The molecule has 166 valence electrons. The molecular formula is C20H24F3N7O. The molecule has 2 aromatic heterocycles. The van der Waals surface area contributed by atoms with Crippen molar-refractivity contribution in [2.45, 2.75) is 51.4 Å². The molecule has 1 saturated heterocycles. The number of rotatable bonds is 4. The number of hydrogen-bond donors (Lipinski definition) is 2. The number of carbonyl (C=O) groups excluding carboxylic acids is 1. The van der Waals surface area contributed by atoms with E-state index in [4.69, 9.17) is 0 Å². The summed E-state index contributed by atoms with van der Waals surface area (Å²) in [6.07, 6.45) is 3.10. The van der Waals surface area contributed by atoms with Crippen LogP contribution in [0.25, 0.3) is 5.57 Å². The van der Waals surface area contributed by atoms with Gasteiger partial charge in [0.25, 0.3) is 0 Å². The number of halogens is 3. The van der Waals surface area contributed by atoms with Crippen molar-refractivity contribution < 1.29 is 18.0 Å². The van der Waals surface area contributed by atoms with Crippen molar-refractivity contribution >= 4 is 23.2 Å². The maximum atomic E-state index is 12.5. The molecule has 2 bridgehead atoms. The van der Waals surface area contributed by atoms with Crippen LogP contribution in [-0.4, -0.2) is 55.5 Å². The molecular weight excluding hydrogens is 411 g/mol. The van der Waals surface area contributed by atoms with Gasteiger partial charge in [0.15, 0.2) is 0 Å². The molecule has 2 aliphatic heterocycles. The Kier molecular flexibility index (Phi) is 5.36. The lowest BCUT2D eigenvalue weighted by Crippen LogP contribution is -2.50. The van der Waals surface area contributed by atoms with Gasteiger partial charge in [0.2, 0.25) is 5.95 Å². The first-order valence-electron chi connectivity index (χ1n) is 10.1. The topological polar surface area (TPSA) is 88.0 Å². The van der Waals surface area contributed by atoms with Crippen molar-refractivity contribution in [2.75, 3.05) is 11.9 Å². The van der Waals surface area contributed by atoms with Gasteiger partial charge >= 0.3 is 12.2 Å². The quantitative estimate of drug-likeness (QED) is 0.768. The fraction of sp³-hybridized carbons (Fsp3) is 0.500. The summed E-state index contributed by atoms with van der Waals surface area (Å²) in [5.74, 6) is 0.440. The van der Waals surface area contributed by atoms with Gasteiger partial charge < -0.3 is 15.5 Å². The minimum absolute atomic E-state index is 0.149. The first-order valence-corrected chi connectivity index (χ1v) is 10.1. The highest BCUT2D eigenvalue weighted by atomic mass is 19.4. The molecule has 31 heavy (non-hydrogen) atoms. The zero-order chi connectivity index (χ0) is 22.3. The maximum Gasteiger partial charge on any atom is 0.405 e. The van der Waals surface area contributed by atoms with E-state index in [2.05, 4.69) is 20.4 Å². The van der Waals surface area contributed by atoms with Crippen molar-refractivity contribution in [2.24, 2.45) is 7.05 Å². The zero-order valence-electron chi connectivity index (χ0n) is 17.5. The lowest BCUT2D eigenvalue weighted by atomic mass is 9.96. The Morgan fingerprint density at radius 1 is 1.29 bits per heavy atom. The number of aromatic nitrogens is 4. The number of amides is 2. The summed E-state index contributed by atoms with van der Waals surface area (Å²) < 4.78 is 39.1. The van der Waals surface area contributed by atoms with Crippen molar-refractivity contribution in [3.8, 4) is 0 Å². The van der Waals surface area contributed by atoms with Gasteiger partial charge in [0.1, 0.15) is 6.54 Å². The molecule has 0 unspecified atom stereocenters. The number of nitrogens with zero attached hydrogens (tertiary/aromatic N) is 5. The zero-order valence-corrected chi connectivity index (χ0v) is 17.5. The molecule has 4 rings (SSSR count). The number of aryl methyl sites for hydroxylation is 3. The van der Waals surface area contributed by atoms with Crippen molar-refractivity contribution in [3.05, 3.63) is 35.4 Å². The summed E-state index contributed by atoms with van der Waals surface area (Å²) in [6.45, 7) is 2.48. The molecule has 2 N–H and O–H groups in total. The Labute approximate surface area is 177 Å². The van der Waals surface area contributed by atoms with Crippen molar-refractivity contribution in [3.63, 3.8) is 0 Å². The van der Waals surface area contributed by atoms with Gasteiger partial charge in [-0.1, -0.05) is 6.08 Å². The Balaban J connectivity index is 1.54. The summed E-state index contributed by atoms with van der Waals surface area (Å²) in [7, 11) is 1.83. The first kappa shape index (κ1) is 21.1. The summed E-state index contributed by atoms with van der Waals surface area (Å²) in [6, 6.07) is -1.06. The monoisotopic (exact) mass is 435 g/mol. The fourth-order valence-electron chi connectivity index (χ4n) is 4.26. The average molecular weight is 435 g/mol. The van der Waals surface area contributed by atoms with E-state index in [0.717, 1.165) is 41.1 Å². The fourth-order valence-corrected chi connectivity index (χ4v) is 4.26. The van der Waals surface area contributed by atoms with Gasteiger partial charge in [0, 0.05) is 25.5 Å².